The minimum Gasteiger partial charge on any atom is -0.467 e. The molecule has 1 aliphatic heterocycles. The van der Waals surface area contributed by atoms with Gasteiger partial charge in [0.05, 0.1) is 24.9 Å². The molecule has 1 saturated heterocycles. The minimum absolute atomic E-state index is 0.0514. The third-order valence-corrected chi connectivity index (χ3v) is 3.23. The van der Waals surface area contributed by atoms with E-state index in [0.717, 1.165) is 0 Å². The topological polar surface area (TPSA) is 54.0 Å². The van der Waals surface area contributed by atoms with E-state index in [2.05, 4.69) is 4.74 Å². The normalized spacial score (nSPS) is 21.5. The number of hydrogen-bond donors (Lipinski definition) is 0. The number of hydrogen-bond acceptors (Lipinski definition) is 5. The smallest absolute Gasteiger partial charge is 0.467 e. The molecule has 0 aromatic rings. The fourth-order valence-corrected chi connectivity index (χ4v) is 1.40. The molecule has 1 aliphatic rings. The number of methoxy groups -OCH3 is 1. The van der Waals surface area contributed by atoms with Crippen LogP contribution in [-0.2, 0) is 23.6 Å². The van der Waals surface area contributed by atoms with Crippen LogP contribution in [0.25, 0.3) is 0 Å². The average molecular weight is 256 g/mol. The Morgan fingerprint density at radius 3 is 2.28 bits per heavy atom. The van der Waals surface area contributed by atoms with Gasteiger partial charge in [-0.2, -0.15) is 0 Å². The van der Waals surface area contributed by atoms with E-state index in [-0.39, 0.29) is 30.9 Å². The van der Waals surface area contributed by atoms with Crippen LogP contribution in [0.1, 0.15) is 27.7 Å². The first kappa shape index (κ1) is 15.2. The first-order valence-corrected chi connectivity index (χ1v) is 5.95. The van der Waals surface area contributed by atoms with Gasteiger partial charge >= 0.3 is 13.1 Å². The van der Waals surface area contributed by atoms with Crippen molar-refractivity contribution >= 4 is 13.1 Å². The van der Waals surface area contributed by atoms with Gasteiger partial charge in [-0.25, -0.2) is 4.79 Å². The van der Waals surface area contributed by atoms with Crippen molar-refractivity contribution in [1.29, 1.82) is 0 Å². The van der Waals surface area contributed by atoms with Gasteiger partial charge in [-0.05, 0) is 27.7 Å². The molecule has 0 aromatic heterocycles. The standard InChI is InChI=1S/C12H21BO5/c1-11(2)12(3,4)18-13(17-11)7-6-8-16-9-10(14)15-5/h6-7H,8-9H2,1-5H3/b7-6+. The molecule has 0 amide bonds. The van der Waals surface area contributed by atoms with Crippen molar-refractivity contribution in [2.75, 3.05) is 20.3 Å². The fourth-order valence-electron chi connectivity index (χ4n) is 1.40. The molecule has 18 heavy (non-hydrogen) atoms. The van der Waals surface area contributed by atoms with Crippen LogP contribution in [0.5, 0.6) is 0 Å². The predicted molar refractivity (Wildman–Crippen MR) is 68.1 cm³/mol. The maximum Gasteiger partial charge on any atom is 0.486 e. The van der Waals surface area contributed by atoms with Gasteiger partial charge in [0, 0.05) is 0 Å². The molecule has 0 atom stereocenters. The SMILES string of the molecule is COC(=O)COC/C=C/B1OC(C)(C)C(C)(C)O1. The van der Waals surface area contributed by atoms with Gasteiger partial charge in [0.15, 0.2) is 0 Å². The van der Waals surface area contributed by atoms with E-state index in [1.165, 1.54) is 7.11 Å². The Kier molecular flexibility index (Phi) is 4.96. The summed E-state index contributed by atoms with van der Waals surface area (Å²) in [5, 5.41) is 0. The maximum atomic E-state index is 10.8. The van der Waals surface area contributed by atoms with Crippen LogP contribution >= 0.6 is 0 Å². The van der Waals surface area contributed by atoms with E-state index in [0.29, 0.717) is 6.61 Å². The lowest BCUT2D eigenvalue weighted by molar-refractivity contribution is -0.145. The van der Waals surface area contributed by atoms with Crippen molar-refractivity contribution < 1.29 is 23.6 Å². The van der Waals surface area contributed by atoms with Crippen molar-refractivity contribution in [2.24, 2.45) is 0 Å². The van der Waals surface area contributed by atoms with E-state index >= 15 is 0 Å². The van der Waals surface area contributed by atoms with E-state index in [1.807, 2.05) is 27.7 Å². The van der Waals surface area contributed by atoms with Gasteiger partial charge in [-0.3, -0.25) is 0 Å². The van der Waals surface area contributed by atoms with Crippen molar-refractivity contribution in [3.63, 3.8) is 0 Å². The minimum atomic E-state index is -0.390. The maximum absolute atomic E-state index is 10.8. The van der Waals surface area contributed by atoms with Crippen LogP contribution in [-0.4, -0.2) is 44.6 Å². The monoisotopic (exact) mass is 256 g/mol. The second-order valence-corrected chi connectivity index (χ2v) is 5.14. The summed E-state index contributed by atoms with van der Waals surface area (Å²) in [4.78, 5) is 10.8. The van der Waals surface area contributed by atoms with Gasteiger partial charge in [0.1, 0.15) is 6.61 Å². The Hall–Kier alpha value is -0.845. The van der Waals surface area contributed by atoms with E-state index in [9.17, 15) is 4.79 Å². The Labute approximate surface area is 109 Å². The Morgan fingerprint density at radius 1 is 1.22 bits per heavy atom. The molecular formula is C12H21BO5. The summed E-state index contributed by atoms with van der Waals surface area (Å²) in [5.41, 5.74) is -0.677. The zero-order valence-corrected chi connectivity index (χ0v) is 11.7. The molecule has 0 N–H and O–H groups in total. The number of ether oxygens (including phenoxy) is 2. The van der Waals surface area contributed by atoms with Crippen molar-refractivity contribution in [3.05, 3.63) is 12.1 Å². The van der Waals surface area contributed by atoms with Crippen molar-refractivity contribution in [3.8, 4) is 0 Å². The van der Waals surface area contributed by atoms with Gasteiger partial charge in [0.2, 0.25) is 0 Å². The van der Waals surface area contributed by atoms with Crippen LogP contribution < -0.4 is 0 Å². The number of carbonyl (C=O) groups excluding carboxylic acids is 1. The molecule has 1 fully saturated rings. The zero-order valence-electron chi connectivity index (χ0n) is 11.7. The van der Waals surface area contributed by atoms with E-state index in [1.54, 1.807) is 12.1 Å². The summed E-state index contributed by atoms with van der Waals surface area (Å²) in [6.07, 6.45) is 1.77. The molecule has 0 saturated carbocycles. The Morgan fingerprint density at radius 2 is 1.78 bits per heavy atom. The summed E-state index contributed by atoms with van der Waals surface area (Å²) in [7, 11) is 0.947. The lowest BCUT2D eigenvalue weighted by Crippen LogP contribution is -2.41. The second kappa shape index (κ2) is 5.86. The van der Waals surface area contributed by atoms with Crippen LogP contribution in [0.15, 0.2) is 12.1 Å². The second-order valence-electron chi connectivity index (χ2n) is 5.14. The molecule has 0 bridgehead atoms. The van der Waals surface area contributed by atoms with Crippen LogP contribution in [0.3, 0.4) is 0 Å². The molecule has 5 nitrogen and oxygen atoms in total. The highest BCUT2D eigenvalue weighted by atomic mass is 16.7. The summed E-state index contributed by atoms with van der Waals surface area (Å²) in [5.74, 6) is 1.40. The molecule has 0 spiro atoms. The quantitative estimate of drug-likeness (QED) is 0.422. The largest absolute Gasteiger partial charge is 0.486 e. The van der Waals surface area contributed by atoms with E-state index in [4.69, 9.17) is 14.0 Å². The lowest BCUT2D eigenvalue weighted by atomic mass is 9.90. The average Bonchev–Trinajstić information content (AvgIpc) is 2.46. The first-order valence-electron chi connectivity index (χ1n) is 5.95. The number of carbonyl (C=O) groups is 1. The Balaban J connectivity index is 2.31. The molecule has 0 aliphatic carbocycles. The summed E-state index contributed by atoms with van der Waals surface area (Å²) >= 11 is 0. The van der Waals surface area contributed by atoms with Gasteiger partial charge in [-0.15, -0.1) is 0 Å². The summed E-state index contributed by atoms with van der Waals surface area (Å²) in [6, 6.07) is 0. The third-order valence-electron chi connectivity index (χ3n) is 3.23. The lowest BCUT2D eigenvalue weighted by Gasteiger charge is -2.32. The molecule has 102 valence electrons. The van der Waals surface area contributed by atoms with Crippen molar-refractivity contribution in [1.82, 2.24) is 0 Å². The van der Waals surface area contributed by atoms with Gasteiger partial charge in [-0.1, -0.05) is 12.1 Å². The van der Waals surface area contributed by atoms with E-state index < -0.39 is 0 Å². The highest BCUT2D eigenvalue weighted by Crippen LogP contribution is 2.36. The van der Waals surface area contributed by atoms with Crippen molar-refractivity contribution in [2.45, 2.75) is 38.9 Å². The Bertz CT molecular complexity index is 308. The van der Waals surface area contributed by atoms with Gasteiger partial charge in [0.25, 0.3) is 0 Å². The molecule has 1 heterocycles. The highest BCUT2D eigenvalue weighted by molar-refractivity contribution is 6.51. The zero-order chi connectivity index (χ0) is 13.8. The molecular weight excluding hydrogens is 235 g/mol. The van der Waals surface area contributed by atoms with Crippen LogP contribution in [0.2, 0.25) is 0 Å². The molecule has 0 unspecified atom stereocenters. The first-order chi connectivity index (χ1) is 8.28. The molecule has 0 radical (unpaired) electrons. The van der Waals surface area contributed by atoms with Crippen LogP contribution in [0.4, 0.5) is 0 Å². The fraction of sp³-hybridized carbons (Fsp3) is 0.750. The third kappa shape index (κ3) is 3.83. The molecule has 1 rings (SSSR count). The molecule has 0 aromatic carbocycles. The number of esters is 1. The highest BCUT2D eigenvalue weighted by Gasteiger charge is 2.49. The molecule has 6 heteroatoms. The summed E-state index contributed by atoms with van der Waals surface area (Å²) < 4.78 is 21.0. The summed E-state index contributed by atoms with van der Waals surface area (Å²) in [6.45, 7) is 8.25. The predicted octanol–water partition coefficient (Wildman–Crippen LogP) is 1.36. The van der Waals surface area contributed by atoms with Crippen LogP contribution in [0, 0.1) is 0 Å². The number of rotatable bonds is 5. The van der Waals surface area contributed by atoms with Gasteiger partial charge < -0.3 is 18.8 Å².